The van der Waals surface area contributed by atoms with Crippen molar-refractivity contribution in [2.24, 2.45) is 0 Å². The van der Waals surface area contributed by atoms with Crippen LogP contribution >= 0.6 is 0 Å². The molecule has 0 aromatic carbocycles. The summed E-state index contributed by atoms with van der Waals surface area (Å²) < 4.78 is 0. The van der Waals surface area contributed by atoms with Crippen LogP contribution in [0.4, 0.5) is 0 Å². The highest BCUT2D eigenvalue weighted by molar-refractivity contribution is 5.78. The fraction of sp³-hybridized carbons (Fsp3) is 0.640. The van der Waals surface area contributed by atoms with Gasteiger partial charge in [-0.25, -0.2) is 0 Å². The van der Waals surface area contributed by atoms with Gasteiger partial charge in [-0.3, -0.25) is 38.9 Å². The summed E-state index contributed by atoms with van der Waals surface area (Å²) in [6, 6.07) is 4.80. The highest BCUT2D eigenvalue weighted by atomic mass is 16.4. The standard InChI is InChI=1S/C25H40N6O7/c1-28(2)21(25(37)38)7-8-22(32)26-9-4-10-29-11-13-30(17-23(33)34)15-19-5-3-6-20(27-19)16-31(14-12-29)18-24(35)36/h3,5-6,21H,4,7-18H2,1-2H3,(H,26,32)(H,33,34)(H,35,36)(H,37,38). The Kier molecular flexibility index (Phi) is 13.1. The molecule has 1 amide bonds. The van der Waals surface area contributed by atoms with Crippen molar-refractivity contribution in [2.45, 2.75) is 38.4 Å². The quantitative estimate of drug-likeness (QED) is 0.238. The first kappa shape index (κ1) is 31.1. The number of rotatable bonds is 13. The van der Waals surface area contributed by atoms with Crippen molar-refractivity contribution in [3.05, 3.63) is 29.6 Å². The molecule has 2 bridgehead atoms. The van der Waals surface area contributed by atoms with Gasteiger partial charge in [-0.2, -0.15) is 0 Å². The number of likely N-dealkylation sites (N-methyl/N-ethyl adjacent to an activating group) is 1. The van der Waals surface area contributed by atoms with Gasteiger partial charge in [0.1, 0.15) is 6.04 Å². The van der Waals surface area contributed by atoms with Crippen LogP contribution in [0.15, 0.2) is 18.2 Å². The SMILES string of the molecule is CN(C)C(CCC(=O)NCCCN1CCN(CC(=O)O)Cc2cccc(n2)CN(CC(=O)O)CC1)C(=O)O. The van der Waals surface area contributed by atoms with Crippen molar-refractivity contribution >= 4 is 23.8 Å². The van der Waals surface area contributed by atoms with E-state index in [0.29, 0.717) is 58.8 Å². The summed E-state index contributed by atoms with van der Waals surface area (Å²) in [6.07, 6.45) is 0.970. The van der Waals surface area contributed by atoms with Crippen LogP contribution in [0.25, 0.3) is 0 Å². The van der Waals surface area contributed by atoms with Crippen LogP contribution in [0, 0.1) is 0 Å². The van der Waals surface area contributed by atoms with Crippen molar-refractivity contribution in [1.82, 2.24) is 29.9 Å². The third-order valence-electron chi connectivity index (χ3n) is 6.34. The third kappa shape index (κ3) is 11.9. The summed E-state index contributed by atoms with van der Waals surface area (Å²) in [5.74, 6) is -3.01. The Bertz CT molecular complexity index is 899. The Hall–Kier alpha value is -3.13. The van der Waals surface area contributed by atoms with Crippen molar-refractivity contribution in [3.63, 3.8) is 0 Å². The molecule has 1 aromatic heterocycles. The highest BCUT2D eigenvalue weighted by Gasteiger charge is 2.21. The third-order valence-corrected chi connectivity index (χ3v) is 6.34. The molecule has 1 aliphatic heterocycles. The van der Waals surface area contributed by atoms with E-state index in [2.05, 4.69) is 15.2 Å². The Morgan fingerprint density at radius 3 is 1.92 bits per heavy atom. The maximum absolute atomic E-state index is 12.2. The number of pyridine rings is 1. The number of fused-ring (bicyclic) bond motifs is 2. The van der Waals surface area contributed by atoms with E-state index < -0.39 is 23.9 Å². The lowest BCUT2D eigenvalue weighted by Crippen LogP contribution is -2.43. The van der Waals surface area contributed by atoms with Crippen molar-refractivity contribution in [1.29, 1.82) is 0 Å². The van der Waals surface area contributed by atoms with E-state index in [9.17, 15) is 34.5 Å². The van der Waals surface area contributed by atoms with Crippen LogP contribution in [0.5, 0.6) is 0 Å². The summed E-state index contributed by atoms with van der Waals surface area (Å²) in [6.45, 7) is 3.67. The molecule has 0 fully saturated rings. The molecule has 0 saturated heterocycles. The van der Waals surface area contributed by atoms with E-state index in [1.807, 2.05) is 28.0 Å². The van der Waals surface area contributed by atoms with Gasteiger partial charge in [-0.15, -0.1) is 0 Å². The van der Waals surface area contributed by atoms with Gasteiger partial charge in [-0.1, -0.05) is 6.07 Å². The predicted molar refractivity (Wildman–Crippen MR) is 138 cm³/mol. The first-order valence-electron chi connectivity index (χ1n) is 12.7. The van der Waals surface area contributed by atoms with E-state index in [-0.39, 0.29) is 31.8 Å². The van der Waals surface area contributed by atoms with Crippen LogP contribution in [0.3, 0.4) is 0 Å². The fourth-order valence-electron chi connectivity index (χ4n) is 4.36. The van der Waals surface area contributed by atoms with E-state index >= 15 is 0 Å². The number of aliphatic carboxylic acids is 3. The van der Waals surface area contributed by atoms with Crippen molar-refractivity contribution in [3.8, 4) is 0 Å². The minimum Gasteiger partial charge on any atom is -0.480 e. The molecule has 0 spiro atoms. The van der Waals surface area contributed by atoms with Gasteiger partial charge >= 0.3 is 17.9 Å². The molecule has 1 atom stereocenters. The topological polar surface area (TPSA) is 167 Å². The zero-order chi connectivity index (χ0) is 28.1. The number of hydrogen-bond acceptors (Lipinski definition) is 9. The first-order valence-corrected chi connectivity index (χ1v) is 12.7. The molecule has 1 unspecified atom stereocenters. The van der Waals surface area contributed by atoms with Gasteiger partial charge in [0, 0.05) is 52.2 Å². The van der Waals surface area contributed by atoms with Gasteiger partial charge in [0.05, 0.1) is 24.5 Å². The molecule has 13 heteroatoms. The van der Waals surface area contributed by atoms with E-state index in [0.717, 1.165) is 11.4 Å². The average molecular weight is 537 g/mol. The molecular formula is C25H40N6O7. The lowest BCUT2D eigenvalue weighted by Gasteiger charge is -2.30. The number of carbonyl (C=O) groups excluding carboxylic acids is 1. The predicted octanol–water partition coefficient (Wildman–Crippen LogP) is -0.528. The number of nitrogens with zero attached hydrogens (tertiary/aromatic N) is 5. The molecule has 1 aromatic rings. The lowest BCUT2D eigenvalue weighted by atomic mass is 10.1. The maximum atomic E-state index is 12.2. The van der Waals surface area contributed by atoms with Gasteiger partial charge in [0.2, 0.25) is 5.91 Å². The van der Waals surface area contributed by atoms with Crippen molar-refractivity contribution < 1.29 is 34.5 Å². The number of amides is 1. The monoisotopic (exact) mass is 536 g/mol. The number of hydrogen-bond donors (Lipinski definition) is 4. The van der Waals surface area contributed by atoms with Gasteiger partial charge < -0.3 is 25.5 Å². The zero-order valence-corrected chi connectivity index (χ0v) is 22.2. The molecule has 4 N–H and O–H groups in total. The molecule has 212 valence electrons. The molecule has 2 rings (SSSR count). The molecule has 1 aliphatic rings. The highest BCUT2D eigenvalue weighted by Crippen LogP contribution is 2.10. The van der Waals surface area contributed by atoms with Gasteiger partial charge in [0.25, 0.3) is 0 Å². The molecule has 2 heterocycles. The summed E-state index contributed by atoms with van der Waals surface area (Å²) in [5, 5.41) is 30.8. The lowest BCUT2D eigenvalue weighted by molar-refractivity contribution is -0.143. The Labute approximate surface area is 223 Å². The Balaban J connectivity index is 1.97. The van der Waals surface area contributed by atoms with Crippen LogP contribution in [0.2, 0.25) is 0 Å². The van der Waals surface area contributed by atoms with Crippen molar-refractivity contribution in [2.75, 3.05) is 66.5 Å². The second kappa shape index (κ2) is 16.0. The minimum absolute atomic E-state index is 0.112. The maximum Gasteiger partial charge on any atom is 0.320 e. The molecule has 0 saturated carbocycles. The largest absolute Gasteiger partial charge is 0.480 e. The molecule has 0 radical (unpaired) electrons. The number of carbonyl (C=O) groups is 4. The summed E-state index contributed by atoms with van der Waals surface area (Å²) >= 11 is 0. The number of nitrogens with one attached hydrogen (secondary N) is 1. The van der Waals surface area contributed by atoms with E-state index in [1.54, 1.807) is 19.0 Å². The summed E-state index contributed by atoms with van der Waals surface area (Å²) in [4.78, 5) is 58.3. The Morgan fingerprint density at radius 1 is 0.921 bits per heavy atom. The van der Waals surface area contributed by atoms with Crippen LogP contribution in [0.1, 0.15) is 30.7 Å². The first-order chi connectivity index (χ1) is 18.0. The normalized spacial score (nSPS) is 16.8. The molecular weight excluding hydrogens is 496 g/mol. The average Bonchev–Trinajstić information content (AvgIpc) is 2.81. The summed E-state index contributed by atoms with van der Waals surface area (Å²) in [5.41, 5.74) is 1.46. The molecule has 0 aliphatic carbocycles. The van der Waals surface area contributed by atoms with Crippen LogP contribution in [-0.2, 0) is 32.3 Å². The van der Waals surface area contributed by atoms with Gasteiger partial charge in [0.15, 0.2) is 0 Å². The fourth-order valence-corrected chi connectivity index (χ4v) is 4.36. The zero-order valence-electron chi connectivity index (χ0n) is 22.2. The second-order valence-corrected chi connectivity index (χ2v) is 9.73. The number of aromatic nitrogens is 1. The van der Waals surface area contributed by atoms with Crippen LogP contribution in [-0.4, -0.2) is 136 Å². The second-order valence-electron chi connectivity index (χ2n) is 9.73. The summed E-state index contributed by atoms with van der Waals surface area (Å²) in [7, 11) is 3.33. The van der Waals surface area contributed by atoms with Gasteiger partial charge in [-0.05, 0) is 45.6 Å². The van der Waals surface area contributed by atoms with E-state index in [1.165, 1.54) is 0 Å². The number of carboxylic acids is 3. The van der Waals surface area contributed by atoms with Crippen LogP contribution < -0.4 is 5.32 Å². The molecule has 13 nitrogen and oxygen atoms in total. The Morgan fingerprint density at radius 2 is 1.45 bits per heavy atom. The molecule has 38 heavy (non-hydrogen) atoms. The minimum atomic E-state index is -0.963. The van der Waals surface area contributed by atoms with E-state index in [4.69, 9.17) is 0 Å². The smallest absolute Gasteiger partial charge is 0.320 e. The number of carboxylic acid groups (broad SMARTS) is 3.